The first-order valence-electron chi connectivity index (χ1n) is 6.29. The summed E-state index contributed by atoms with van der Waals surface area (Å²) in [5.41, 5.74) is 0.0655. The van der Waals surface area contributed by atoms with Gasteiger partial charge in [0.25, 0.3) is 5.69 Å². The molecule has 2 aromatic carbocycles. The summed E-state index contributed by atoms with van der Waals surface area (Å²) in [6.45, 7) is 2.96. The zero-order valence-corrected chi connectivity index (χ0v) is 11.9. The Morgan fingerprint density at radius 2 is 1.70 bits per heavy atom. The molecule has 2 N–H and O–H groups in total. The number of carboxylic acids is 1. The van der Waals surface area contributed by atoms with Gasteiger partial charge in [0, 0.05) is 23.8 Å². The number of nitro benzene ring substituents is 1. The summed E-state index contributed by atoms with van der Waals surface area (Å²) in [7, 11) is 0. The fourth-order valence-corrected chi connectivity index (χ4v) is 1.56. The van der Waals surface area contributed by atoms with E-state index >= 15 is 0 Å². The number of carboxylic acid groups (broad SMARTS) is 1. The third kappa shape index (κ3) is 5.09. The first-order valence-corrected chi connectivity index (χ1v) is 6.29. The second kappa shape index (κ2) is 8.08. The molecule has 0 aliphatic rings. The summed E-state index contributed by atoms with van der Waals surface area (Å²) in [6.07, 6.45) is 0.833. The molecule has 0 fully saturated rings. The minimum absolute atomic E-state index is 0.0737. The molecule has 0 heterocycles. The van der Waals surface area contributed by atoms with E-state index in [-0.39, 0.29) is 17.0 Å². The van der Waals surface area contributed by atoms with Crippen molar-refractivity contribution in [3.63, 3.8) is 0 Å². The van der Waals surface area contributed by atoms with Gasteiger partial charge in [0.1, 0.15) is 5.75 Å². The van der Waals surface area contributed by atoms with Crippen molar-refractivity contribution in [1.82, 2.24) is 0 Å². The van der Waals surface area contributed by atoms with Crippen molar-refractivity contribution in [1.29, 1.82) is 0 Å². The van der Waals surface area contributed by atoms with Crippen molar-refractivity contribution in [3.05, 3.63) is 82.4 Å². The smallest absolute Gasteiger partial charge is 0.327 e. The largest absolute Gasteiger partial charge is 0.507 e. The maximum atomic E-state index is 12.1. The maximum absolute atomic E-state index is 12.1. The molecule has 0 saturated heterocycles. The molecule has 0 saturated carbocycles. The van der Waals surface area contributed by atoms with Gasteiger partial charge < -0.3 is 10.2 Å². The first-order chi connectivity index (χ1) is 10.9. The van der Waals surface area contributed by atoms with E-state index in [1.165, 1.54) is 0 Å². The van der Waals surface area contributed by atoms with E-state index in [9.17, 15) is 24.8 Å². The number of aromatic hydroxyl groups is 1. The summed E-state index contributed by atoms with van der Waals surface area (Å²) in [4.78, 5) is 31.3. The molecule has 0 aliphatic carbocycles. The Labute approximate surface area is 131 Å². The van der Waals surface area contributed by atoms with Crippen molar-refractivity contribution < 1.29 is 24.7 Å². The molecule has 23 heavy (non-hydrogen) atoms. The average molecular weight is 315 g/mol. The highest BCUT2D eigenvalue weighted by Crippen LogP contribution is 2.25. The van der Waals surface area contributed by atoms with Crippen LogP contribution in [0.2, 0.25) is 0 Å². The van der Waals surface area contributed by atoms with E-state index < -0.39 is 16.7 Å². The zero-order chi connectivity index (χ0) is 17.4. The van der Waals surface area contributed by atoms with Crippen LogP contribution in [0, 0.1) is 10.1 Å². The summed E-state index contributed by atoms with van der Waals surface area (Å²) < 4.78 is 0. The Morgan fingerprint density at radius 3 is 2.17 bits per heavy atom. The number of nitrogens with zero attached hydrogens (tertiary/aromatic N) is 1. The summed E-state index contributed by atoms with van der Waals surface area (Å²) in [5, 5.41) is 27.8. The van der Waals surface area contributed by atoms with Crippen LogP contribution in [0.3, 0.4) is 0 Å². The number of aliphatic carboxylic acids is 1. The van der Waals surface area contributed by atoms with Crippen LogP contribution >= 0.6 is 0 Å². The number of hydrogen-bond donors (Lipinski definition) is 2. The Bertz CT molecular complexity index is 739. The molecule has 2 aromatic rings. The molecule has 0 amide bonds. The number of phenols is 1. The number of benzene rings is 2. The lowest BCUT2D eigenvalue weighted by atomic mass is 10.0. The highest BCUT2D eigenvalue weighted by atomic mass is 16.6. The van der Waals surface area contributed by atoms with E-state index in [2.05, 4.69) is 6.58 Å². The van der Waals surface area contributed by atoms with Crippen molar-refractivity contribution in [2.45, 2.75) is 0 Å². The van der Waals surface area contributed by atoms with Gasteiger partial charge in [0.2, 0.25) is 0 Å². The van der Waals surface area contributed by atoms with Crippen LogP contribution in [-0.4, -0.2) is 26.9 Å². The van der Waals surface area contributed by atoms with E-state index in [0.29, 0.717) is 5.56 Å². The normalized spacial score (nSPS) is 9.22. The van der Waals surface area contributed by atoms with Gasteiger partial charge in [-0.1, -0.05) is 36.9 Å². The molecule has 0 atom stereocenters. The quantitative estimate of drug-likeness (QED) is 0.387. The number of carbonyl (C=O) groups excluding carboxylic acids is 1. The molecule has 7 nitrogen and oxygen atoms in total. The molecule has 0 spiro atoms. The van der Waals surface area contributed by atoms with Crippen LogP contribution < -0.4 is 0 Å². The van der Waals surface area contributed by atoms with E-state index in [4.69, 9.17) is 5.11 Å². The van der Waals surface area contributed by atoms with E-state index in [0.717, 1.165) is 24.3 Å². The summed E-state index contributed by atoms with van der Waals surface area (Å²) in [6, 6.07) is 11.7. The topological polar surface area (TPSA) is 118 Å². The highest BCUT2D eigenvalue weighted by molar-refractivity contribution is 6.10. The lowest BCUT2D eigenvalue weighted by Gasteiger charge is -2.03. The van der Waals surface area contributed by atoms with E-state index in [1.807, 2.05) is 0 Å². The molecule has 0 aliphatic heterocycles. The van der Waals surface area contributed by atoms with Crippen LogP contribution in [-0.2, 0) is 4.79 Å². The van der Waals surface area contributed by atoms with Gasteiger partial charge in [-0.15, -0.1) is 0 Å². The SMILES string of the molecule is C=CC(=O)O.O=C(c1ccccc1)c1cc([N+](=O)[O-])ccc1O. The molecule has 2 rings (SSSR count). The van der Waals surface area contributed by atoms with Gasteiger partial charge in [0.05, 0.1) is 10.5 Å². The van der Waals surface area contributed by atoms with Crippen LogP contribution in [0.4, 0.5) is 5.69 Å². The van der Waals surface area contributed by atoms with Crippen LogP contribution in [0.25, 0.3) is 0 Å². The molecular weight excluding hydrogens is 302 g/mol. The standard InChI is InChI=1S/C13H9NO4.C3H4O2/c15-12-7-6-10(14(17)18)8-11(12)13(16)9-4-2-1-3-5-9;1-2-3(4)5/h1-8,15H;2H,1H2,(H,4,5). The Balaban J connectivity index is 0.000000463. The minimum atomic E-state index is -0.981. The van der Waals surface area contributed by atoms with Crippen LogP contribution in [0.15, 0.2) is 61.2 Å². The number of rotatable bonds is 4. The Morgan fingerprint density at radius 1 is 1.13 bits per heavy atom. The number of ketones is 1. The lowest BCUT2D eigenvalue weighted by molar-refractivity contribution is -0.384. The van der Waals surface area contributed by atoms with E-state index in [1.54, 1.807) is 30.3 Å². The second-order valence-corrected chi connectivity index (χ2v) is 4.20. The van der Waals surface area contributed by atoms with Gasteiger partial charge in [-0.2, -0.15) is 0 Å². The molecule has 0 radical (unpaired) electrons. The number of carbonyl (C=O) groups is 2. The number of non-ortho nitro benzene ring substituents is 1. The van der Waals surface area contributed by atoms with Crippen LogP contribution in [0.1, 0.15) is 15.9 Å². The van der Waals surface area contributed by atoms with Crippen molar-refractivity contribution >= 4 is 17.4 Å². The molecule has 0 bridgehead atoms. The number of hydrogen-bond acceptors (Lipinski definition) is 5. The van der Waals surface area contributed by atoms with Gasteiger partial charge in [-0.05, 0) is 6.07 Å². The Kier molecular flexibility index (Phi) is 6.17. The maximum Gasteiger partial charge on any atom is 0.327 e. The fraction of sp³-hybridized carbons (Fsp3) is 0. The first kappa shape index (κ1) is 17.6. The third-order valence-electron chi connectivity index (χ3n) is 2.65. The predicted molar refractivity (Wildman–Crippen MR) is 82.5 cm³/mol. The second-order valence-electron chi connectivity index (χ2n) is 4.20. The van der Waals surface area contributed by atoms with Crippen molar-refractivity contribution in [3.8, 4) is 5.75 Å². The monoisotopic (exact) mass is 315 g/mol. The summed E-state index contributed by atoms with van der Waals surface area (Å²) >= 11 is 0. The van der Waals surface area contributed by atoms with Gasteiger partial charge in [-0.25, -0.2) is 4.79 Å². The third-order valence-corrected chi connectivity index (χ3v) is 2.65. The van der Waals surface area contributed by atoms with Gasteiger partial charge in [-0.3, -0.25) is 14.9 Å². The lowest BCUT2D eigenvalue weighted by Crippen LogP contribution is -2.02. The highest BCUT2D eigenvalue weighted by Gasteiger charge is 2.17. The predicted octanol–water partition coefficient (Wildman–Crippen LogP) is 2.79. The molecule has 0 unspecified atom stereocenters. The number of phenolic OH excluding ortho intramolecular Hbond substituents is 1. The molecule has 7 heteroatoms. The minimum Gasteiger partial charge on any atom is -0.507 e. The van der Waals surface area contributed by atoms with Crippen molar-refractivity contribution in [2.24, 2.45) is 0 Å². The molecule has 118 valence electrons. The molecular formula is C16H13NO6. The van der Waals surface area contributed by atoms with Crippen LogP contribution in [0.5, 0.6) is 5.75 Å². The van der Waals surface area contributed by atoms with Gasteiger partial charge >= 0.3 is 5.97 Å². The fourth-order valence-electron chi connectivity index (χ4n) is 1.56. The zero-order valence-electron chi connectivity index (χ0n) is 11.9. The molecule has 0 aromatic heterocycles. The number of nitro groups is 1. The van der Waals surface area contributed by atoms with Gasteiger partial charge in [0.15, 0.2) is 5.78 Å². The Hall–Kier alpha value is -3.48. The average Bonchev–Trinajstić information content (AvgIpc) is 2.55. The van der Waals surface area contributed by atoms with Crippen molar-refractivity contribution in [2.75, 3.05) is 0 Å². The summed E-state index contributed by atoms with van der Waals surface area (Å²) in [5.74, 6) is -1.70.